The van der Waals surface area contributed by atoms with Crippen LogP contribution in [0.1, 0.15) is 88.6 Å². The number of nitrogens with one attached hydrogen (secondary N) is 1. The van der Waals surface area contributed by atoms with Crippen molar-refractivity contribution in [1.82, 2.24) is 19.9 Å². The van der Waals surface area contributed by atoms with Gasteiger partial charge in [-0.3, -0.25) is 9.72 Å². The van der Waals surface area contributed by atoms with Crippen LogP contribution in [-0.2, 0) is 6.42 Å². The van der Waals surface area contributed by atoms with E-state index in [9.17, 15) is 9.90 Å². The lowest BCUT2D eigenvalue weighted by atomic mass is 9.85. The number of aromatic nitrogens is 3. The number of allylic oxidation sites excluding steroid dienone is 1. The van der Waals surface area contributed by atoms with E-state index < -0.39 is 6.03 Å². The van der Waals surface area contributed by atoms with Crippen LogP contribution in [0.4, 0.5) is 16.4 Å². The Kier molecular flexibility index (Phi) is 10.3. The van der Waals surface area contributed by atoms with Gasteiger partial charge < -0.3 is 25.8 Å². The van der Waals surface area contributed by atoms with Crippen molar-refractivity contribution in [2.45, 2.75) is 84.4 Å². The van der Waals surface area contributed by atoms with Gasteiger partial charge in [-0.1, -0.05) is 57.2 Å². The number of ether oxygens (including phenoxy) is 1. The first-order valence-electron chi connectivity index (χ1n) is 17.4. The second-order valence-electron chi connectivity index (χ2n) is 14.2. The SMILES string of the molecule is C[C@H]1CCCCN1c1nnc2ccc(O[C@@H]3CC[C@H](NC(=O)/N=C(\C=C(/N)C(C)(C)C)[NH2+]c4cccc(CCO)c4)c4ccccc43)cn12. The number of hydrogen-bond donors (Lipinski definition) is 4. The number of piperidine rings is 1. The third-order valence-corrected chi connectivity index (χ3v) is 9.50. The topological polar surface area (TPSA) is 147 Å². The van der Waals surface area contributed by atoms with E-state index in [4.69, 9.17) is 10.5 Å². The molecule has 4 aromatic rings. The average molecular weight is 666 g/mol. The number of fused-ring (bicyclic) bond motifs is 2. The average Bonchev–Trinajstić information content (AvgIpc) is 3.49. The van der Waals surface area contributed by atoms with Gasteiger partial charge in [0.1, 0.15) is 17.5 Å². The molecular weight excluding hydrogens is 616 g/mol. The first-order valence-corrected chi connectivity index (χ1v) is 17.4. The predicted molar refractivity (Wildman–Crippen MR) is 192 cm³/mol. The minimum Gasteiger partial charge on any atom is -0.484 e. The van der Waals surface area contributed by atoms with Crippen LogP contribution < -0.4 is 26.0 Å². The summed E-state index contributed by atoms with van der Waals surface area (Å²) in [6.45, 7) is 9.35. The second kappa shape index (κ2) is 14.8. The van der Waals surface area contributed by atoms with Gasteiger partial charge in [-0.2, -0.15) is 0 Å². The molecule has 2 aliphatic rings. The quantitative estimate of drug-likeness (QED) is 0.111. The fraction of sp³-hybridized carbons (Fsp3) is 0.421. The smallest absolute Gasteiger partial charge is 0.346 e. The molecule has 2 aromatic heterocycles. The first kappa shape index (κ1) is 34.1. The maximum Gasteiger partial charge on any atom is 0.346 e. The zero-order valence-corrected chi connectivity index (χ0v) is 29.0. The Morgan fingerprint density at radius 1 is 1.08 bits per heavy atom. The predicted octanol–water partition coefficient (Wildman–Crippen LogP) is 5.49. The first-order chi connectivity index (χ1) is 23.6. The number of hydrogen-bond acceptors (Lipinski definition) is 7. The summed E-state index contributed by atoms with van der Waals surface area (Å²) in [6, 6.07) is 19.6. The zero-order valence-electron chi connectivity index (χ0n) is 29.0. The molecule has 258 valence electrons. The summed E-state index contributed by atoms with van der Waals surface area (Å²) < 4.78 is 8.67. The highest BCUT2D eigenvalue weighted by Crippen LogP contribution is 2.39. The van der Waals surface area contributed by atoms with Crippen molar-refractivity contribution < 1.29 is 20.0 Å². The number of carbonyl (C=O) groups excluding carboxylic acids is 1. The van der Waals surface area contributed by atoms with Crippen LogP contribution in [0.5, 0.6) is 5.75 Å². The molecule has 0 bridgehead atoms. The van der Waals surface area contributed by atoms with Crippen molar-refractivity contribution >= 4 is 29.1 Å². The number of aliphatic hydroxyl groups excluding tert-OH is 1. The summed E-state index contributed by atoms with van der Waals surface area (Å²) in [5, 5.41) is 23.3. The molecule has 11 heteroatoms. The summed E-state index contributed by atoms with van der Waals surface area (Å²) in [4.78, 5) is 20.3. The number of quaternary nitrogens is 1. The fourth-order valence-corrected chi connectivity index (χ4v) is 6.63. The molecule has 3 heterocycles. The molecule has 1 aliphatic carbocycles. The molecule has 6 rings (SSSR count). The molecule has 6 N–H and O–H groups in total. The Bertz CT molecular complexity index is 1840. The lowest BCUT2D eigenvalue weighted by Crippen LogP contribution is -2.82. The Hall–Kier alpha value is -4.74. The number of benzene rings is 2. The Morgan fingerprint density at radius 3 is 2.67 bits per heavy atom. The van der Waals surface area contributed by atoms with Gasteiger partial charge in [0.15, 0.2) is 5.65 Å². The summed E-state index contributed by atoms with van der Waals surface area (Å²) in [5.41, 5.74) is 11.5. The van der Waals surface area contributed by atoms with Gasteiger partial charge in [0.25, 0.3) is 0 Å². The van der Waals surface area contributed by atoms with Crippen LogP contribution in [-0.4, -0.2) is 50.8 Å². The van der Waals surface area contributed by atoms with E-state index in [-0.39, 0.29) is 24.2 Å². The molecule has 1 aliphatic heterocycles. The third-order valence-electron chi connectivity index (χ3n) is 9.50. The van der Waals surface area contributed by atoms with E-state index >= 15 is 0 Å². The molecule has 0 unspecified atom stereocenters. The largest absolute Gasteiger partial charge is 0.484 e. The minimum atomic E-state index is -0.438. The Morgan fingerprint density at radius 2 is 1.90 bits per heavy atom. The van der Waals surface area contributed by atoms with Crippen LogP contribution in [0.25, 0.3) is 5.65 Å². The Labute approximate surface area is 288 Å². The van der Waals surface area contributed by atoms with E-state index in [1.165, 1.54) is 6.42 Å². The van der Waals surface area contributed by atoms with Crippen LogP contribution in [0.3, 0.4) is 0 Å². The summed E-state index contributed by atoms with van der Waals surface area (Å²) in [5.74, 6) is 2.06. The standard InChI is InChI=1S/C38H48N8O3/c1-25-10-7-8-20-45(25)37-44-43-35-18-15-28(24-46(35)37)49-32-17-16-31(29-13-5-6-14-30(29)32)41-36(48)42-34(23-33(39)38(2,3)4)40-27-12-9-11-26(22-27)19-21-47/h5-6,9,11-15,18,22-25,31-32,47H,7-8,10,16-17,19-21,39H2,1-4H3,(H2,40,41,42,48)/p+1/b33-23-/t25-,31-,32+/m0/s1. The van der Waals surface area contributed by atoms with Gasteiger partial charge >= 0.3 is 6.03 Å². The second-order valence-corrected chi connectivity index (χ2v) is 14.2. The number of rotatable bonds is 8. The van der Waals surface area contributed by atoms with Gasteiger partial charge in [0.05, 0.1) is 12.2 Å². The highest BCUT2D eigenvalue weighted by atomic mass is 16.5. The van der Waals surface area contributed by atoms with E-state index in [1.807, 2.05) is 85.2 Å². The van der Waals surface area contributed by atoms with Crippen molar-refractivity contribution in [3.63, 3.8) is 0 Å². The van der Waals surface area contributed by atoms with E-state index in [2.05, 4.69) is 44.5 Å². The number of nitrogens with two attached hydrogens (primary N) is 2. The summed E-state index contributed by atoms with van der Waals surface area (Å²) >= 11 is 0. The lowest BCUT2D eigenvalue weighted by Gasteiger charge is -2.33. The van der Waals surface area contributed by atoms with Gasteiger partial charge in [-0.25, -0.2) is 4.79 Å². The molecule has 3 atom stereocenters. The van der Waals surface area contributed by atoms with Crippen LogP contribution in [0.2, 0.25) is 0 Å². The number of aliphatic imine (C=N–C) groups is 1. The van der Waals surface area contributed by atoms with Crippen LogP contribution in [0, 0.1) is 5.41 Å². The molecule has 0 radical (unpaired) electrons. The van der Waals surface area contributed by atoms with Gasteiger partial charge in [0.2, 0.25) is 11.8 Å². The fourth-order valence-electron chi connectivity index (χ4n) is 6.63. The van der Waals surface area contributed by atoms with Crippen LogP contribution >= 0.6 is 0 Å². The van der Waals surface area contributed by atoms with E-state index in [1.54, 1.807) is 6.08 Å². The van der Waals surface area contributed by atoms with Crippen molar-refractivity contribution in [2.24, 2.45) is 16.1 Å². The number of carbonyl (C=O) groups is 1. The van der Waals surface area contributed by atoms with Gasteiger partial charge in [0, 0.05) is 42.4 Å². The number of amidine groups is 1. The van der Waals surface area contributed by atoms with Crippen LogP contribution in [0.15, 0.2) is 83.6 Å². The Balaban J connectivity index is 1.20. The zero-order chi connectivity index (χ0) is 34.5. The van der Waals surface area contributed by atoms with Gasteiger partial charge in [-0.15, -0.1) is 15.2 Å². The lowest BCUT2D eigenvalue weighted by molar-refractivity contribution is -0.441. The molecule has 49 heavy (non-hydrogen) atoms. The van der Waals surface area contributed by atoms with Crippen molar-refractivity contribution in [3.8, 4) is 5.75 Å². The van der Waals surface area contributed by atoms with Crippen molar-refractivity contribution in [3.05, 3.63) is 95.3 Å². The summed E-state index contributed by atoms with van der Waals surface area (Å²) in [7, 11) is 0. The van der Waals surface area contributed by atoms with E-state index in [0.717, 1.165) is 65.5 Å². The molecule has 0 saturated carbocycles. The molecule has 1 fully saturated rings. The highest BCUT2D eigenvalue weighted by molar-refractivity contribution is 5.96. The molecule has 11 nitrogen and oxygen atoms in total. The number of anilines is 1. The molecule has 2 aromatic carbocycles. The van der Waals surface area contributed by atoms with E-state index in [0.29, 0.717) is 30.4 Å². The van der Waals surface area contributed by atoms with Crippen molar-refractivity contribution in [1.29, 1.82) is 0 Å². The molecule has 2 amide bonds. The molecule has 0 spiro atoms. The molecule has 1 saturated heterocycles. The molecular formula is C38H49N8O3+. The number of pyridine rings is 1. The summed E-state index contributed by atoms with van der Waals surface area (Å²) in [6.07, 6.45) is 9.07. The normalized spacial score (nSPS) is 20.3. The third kappa shape index (κ3) is 8.12. The monoisotopic (exact) mass is 665 g/mol. The number of aliphatic hydroxyl groups is 1. The van der Waals surface area contributed by atoms with Crippen molar-refractivity contribution in [2.75, 3.05) is 18.1 Å². The number of nitrogens with zero attached hydrogens (tertiary/aromatic N) is 5. The maximum atomic E-state index is 13.5. The van der Waals surface area contributed by atoms with Gasteiger partial charge in [-0.05, 0) is 80.3 Å². The number of amides is 2. The minimum absolute atomic E-state index is 0.0643. The maximum absolute atomic E-state index is 13.5. The number of urea groups is 1. The highest BCUT2D eigenvalue weighted by Gasteiger charge is 2.30.